The molecule has 3 aliphatic heterocycles. The molecule has 0 N–H and O–H groups in total. The third-order valence-corrected chi connectivity index (χ3v) is 2.59. The molecule has 0 bridgehead atoms. The predicted octanol–water partition coefficient (Wildman–Crippen LogP) is 0.260. The fourth-order valence-electron chi connectivity index (χ4n) is 1.68. The molecule has 0 spiro atoms. The SMILES string of the molecule is CC1OC2OC2C(C)OC2OC12. The number of epoxide rings is 2. The first-order valence-electron chi connectivity index (χ1n) is 4.37. The summed E-state index contributed by atoms with van der Waals surface area (Å²) in [7, 11) is 0. The Hall–Kier alpha value is -0.160. The molecule has 4 heteroatoms. The van der Waals surface area contributed by atoms with Crippen LogP contribution in [0.5, 0.6) is 0 Å². The zero-order valence-electron chi connectivity index (χ0n) is 7.10. The van der Waals surface area contributed by atoms with Gasteiger partial charge in [0.05, 0.1) is 12.2 Å². The molecular formula is C8H12O4. The van der Waals surface area contributed by atoms with Crippen molar-refractivity contribution in [2.24, 2.45) is 0 Å². The summed E-state index contributed by atoms with van der Waals surface area (Å²) < 4.78 is 21.7. The van der Waals surface area contributed by atoms with Crippen molar-refractivity contribution in [3.8, 4) is 0 Å². The van der Waals surface area contributed by atoms with E-state index in [4.69, 9.17) is 18.9 Å². The van der Waals surface area contributed by atoms with E-state index < -0.39 is 0 Å². The van der Waals surface area contributed by atoms with Crippen LogP contribution in [0.4, 0.5) is 0 Å². The molecule has 6 unspecified atom stereocenters. The Morgan fingerprint density at radius 2 is 1.08 bits per heavy atom. The second-order valence-electron chi connectivity index (χ2n) is 3.62. The van der Waals surface area contributed by atoms with Gasteiger partial charge in [0.1, 0.15) is 12.2 Å². The van der Waals surface area contributed by atoms with Gasteiger partial charge in [-0.1, -0.05) is 0 Å². The molecule has 3 rings (SSSR count). The summed E-state index contributed by atoms with van der Waals surface area (Å²) in [5.74, 6) is 0. The van der Waals surface area contributed by atoms with Crippen molar-refractivity contribution >= 4 is 0 Å². The molecule has 3 saturated heterocycles. The minimum absolute atomic E-state index is 0.0554. The number of hydrogen-bond acceptors (Lipinski definition) is 4. The van der Waals surface area contributed by atoms with Crippen LogP contribution in [0.3, 0.4) is 0 Å². The molecule has 12 heavy (non-hydrogen) atoms. The van der Waals surface area contributed by atoms with Gasteiger partial charge in [-0.25, -0.2) is 0 Å². The van der Waals surface area contributed by atoms with Crippen LogP contribution in [0.15, 0.2) is 0 Å². The molecule has 0 aromatic rings. The molecule has 3 aliphatic rings. The van der Waals surface area contributed by atoms with Gasteiger partial charge in [0, 0.05) is 0 Å². The predicted molar refractivity (Wildman–Crippen MR) is 38.4 cm³/mol. The highest BCUT2D eigenvalue weighted by Crippen LogP contribution is 2.39. The van der Waals surface area contributed by atoms with E-state index in [1.165, 1.54) is 0 Å². The minimum atomic E-state index is -0.0554. The van der Waals surface area contributed by atoms with E-state index in [9.17, 15) is 0 Å². The average Bonchev–Trinajstić information content (AvgIpc) is 2.81. The minimum Gasteiger partial charge on any atom is -0.344 e. The van der Waals surface area contributed by atoms with Crippen LogP contribution in [-0.4, -0.2) is 37.0 Å². The van der Waals surface area contributed by atoms with Gasteiger partial charge < -0.3 is 18.9 Å². The van der Waals surface area contributed by atoms with Gasteiger partial charge in [-0.05, 0) is 13.8 Å². The smallest absolute Gasteiger partial charge is 0.187 e. The monoisotopic (exact) mass is 172 g/mol. The second kappa shape index (κ2) is 2.20. The zero-order chi connectivity index (χ0) is 8.29. The van der Waals surface area contributed by atoms with Crippen molar-refractivity contribution in [2.45, 2.75) is 50.8 Å². The molecule has 0 aromatic heterocycles. The summed E-state index contributed by atoms with van der Waals surface area (Å²) in [6.45, 7) is 3.98. The third kappa shape index (κ3) is 0.992. The Labute approximate surface area is 70.7 Å². The van der Waals surface area contributed by atoms with E-state index in [2.05, 4.69) is 0 Å². The third-order valence-electron chi connectivity index (χ3n) is 2.59. The van der Waals surface area contributed by atoms with Crippen molar-refractivity contribution in [1.82, 2.24) is 0 Å². The molecule has 0 aliphatic carbocycles. The summed E-state index contributed by atoms with van der Waals surface area (Å²) in [4.78, 5) is 0. The summed E-state index contributed by atoms with van der Waals surface area (Å²) in [5.41, 5.74) is 0. The quantitative estimate of drug-likeness (QED) is 0.491. The van der Waals surface area contributed by atoms with Crippen LogP contribution in [-0.2, 0) is 18.9 Å². The van der Waals surface area contributed by atoms with Gasteiger partial charge in [0.25, 0.3) is 0 Å². The van der Waals surface area contributed by atoms with Crippen LogP contribution in [0.25, 0.3) is 0 Å². The normalized spacial score (nSPS) is 62.5. The first-order valence-corrected chi connectivity index (χ1v) is 4.37. The van der Waals surface area contributed by atoms with E-state index in [0.29, 0.717) is 0 Å². The van der Waals surface area contributed by atoms with Gasteiger partial charge >= 0.3 is 0 Å². The van der Waals surface area contributed by atoms with Gasteiger partial charge in [-0.15, -0.1) is 0 Å². The number of hydrogen-bond donors (Lipinski definition) is 0. The van der Waals surface area contributed by atoms with Crippen LogP contribution < -0.4 is 0 Å². The standard InChI is InChI=1S/C8H12O4/c1-3-5-7(11-5)10-4(2)6-8(9-3)12-6/h3-8H,1-2H3. The van der Waals surface area contributed by atoms with Crippen LogP contribution in [0, 0.1) is 0 Å². The lowest BCUT2D eigenvalue weighted by atomic mass is 10.2. The topological polar surface area (TPSA) is 43.5 Å². The first kappa shape index (κ1) is 7.26. The van der Waals surface area contributed by atoms with Gasteiger partial charge in [-0.2, -0.15) is 0 Å². The van der Waals surface area contributed by atoms with Gasteiger partial charge in [-0.3, -0.25) is 0 Å². The highest BCUT2D eigenvalue weighted by atomic mass is 16.8. The van der Waals surface area contributed by atoms with Crippen molar-refractivity contribution in [3.05, 3.63) is 0 Å². The van der Waals surface area contributed by atoms with E-state index in [1.54, 1.807) is 0 Å². The lowest BCUT2D eigenvalue weighted by molar-refractivity contribution is -0.0305. The Morgan fingerprint density at radius 1 is 0.667 bits per heavy atom. The molecule has 3 fully saturated rings. The van der Waals surface area contributed by atoms with E-state index >= 15 is 0 Å². The first-order chi connectivity index (χ1) is 5.75. The van der Waals surface area contributed by atoms with Gasteiger partial charge in [0.15, 0.2) is 12.6 Å². The van der Waals surface area contributed by atoms with Crippen molar-refractivity contribution in [3.63, 3.8) is 0 Å². The lowest BCUT2D eigenvalue weighted by Crippen LogP contribution is -2.29. The number of fused-ring (bicyclic) bond motifs is 2. The summed E-state index contributed by atoms with van der Waals surface area (Å²) in [6.07, 6.45) is 0.325. The molecule has 4 nitrogen and oxygen atoms in total. The molecule has 0 aromatic carbocycles. The average molecular weight is 172 g/mol. The highest BCUT2D eigenvalue weighted by molar-refractivity contribution is 4.93. The molecule has 0 radical (unpaired) electrons. The van der Waals surface area contributed by atoms with E-state index in [0.717, 1.165) is 0 Å². The Kier molecular flexibility index (Phi) is 1.33. The second-order valence-corrected chi connectivity index (χ2v) is 3.62. The number of ether oxygens (including phenoxy) is 4. The van der Waals surface area contributed by atoms with E-state index in [-0.39, 0.29) is 37.0 Å². The van der Waals surface area contributed by atoms with Crippen LogP contribution in [0.1, 0.15) is 13.8 Å². The van der Waals surface area contributed by atoms with Crippen molar-refractivity contribution < 1.29 is 18.9 Å². The number of rotatable bonds is 0. The highest BCUT2D eigenvalue weighted by Gasteiger charge is 2.56. The maximum absolute atomic E-state index is 5.56. The maximum atomic E-state index is 5.56. The van der Waals surface area contributed by atoms with Gasteiger partial charge in [0.2, 0.25) is 0 Å². The summed E-state index contributed by atoms with van der Waals surface area (Å²) >= 11 is 0. The summed E-state index contributed by atoms with van der Waals surface area (Å²) in [5, 5.41) is 0. The van der Waals surface area contributed by atoms with Crippen LogP contribution >= 0.6 is 0 Å². The Bertz CT molecular complexity index is 185. The zero-order valence-corrected chi connectivity index (χ0v) is 7.10. The molecular weight excluding hydrogens is 160 g/mol. The maximum Gasteiger partial charge on any atom is 0.187 e. The van der Waals surface area contributed by atoms with E-state index in [1.807, 2.05) is 13.8 Å². The molecule has 68 valence electrons. The fraction of sp³-hybridized carbons (Fsp3) is 1.00. The largest absolute Gasteiger partial charge is 0.344 e. The Balaban J connectivity index is 1.73. The fourth-order valence-corrected chi connectivity index (χ4v) is 1.68. The molecule has 0 saturated carbocycles. The van der Waals surface area contributed by atoms with Crippen LogP contribution in [0.2, 0.25) is 0 Å². The molecule has 3 heterocycles. The molecule has 6 atom stereocenters. The Morgan fingerprint density at radius 3 is 1.50 bits per heavy atom. The molecule has 0 amide bonds. The van der Waals surface area contributed by atoms with Crippen molar-refractivity contribution in [1.29, 1.82) is 0 Å². The summed E-state index contributed by atoms with van der Waals surface area (Å²) in [6, 6.07) is 0. The van der Waals surface area contributed by atoms with Crippen molar-refractivity contribution in [2.75, 3.05) is 0 Å². The lowest BCUT2D eigenvalue weighted by Gasteiger charge is -2.13.